The van der Waals surface area contributed by atoms with E-state index in [1.165, 1.54) is 6.07 Å². The van der Waals surface area contributed by atoms with Gasteiger partial charge in [-0.25, -0.2) is 4.79 Å². The van der Waals surface area contributed by atoms with Gasteiger partial charge in [0, 0.05) is 26.2 Å². The Kier molecular flexibility index (Phi) is 5.03. The number of halogens is 1. The predicted octanol–water partition coefficient (Wildman–Crippen LogP) is 0.853. The first-order valence-corrected chi connectivity index (χ1v) is 7.04. The third kappa shape index (κ3) is 3.86. The van der Waals surface area contributed by atoms with Gasteiger partial charge >= 0.3 is 5.97 Å². The molecule has 0 aliphatic carbocycles. The minimum atomic E-state index is -0.644. The van der Waals surface area contributed by atoms with Crippen molar-refractivity contribution in [2.24, 2.45) is 0 Å². The maximum absolute atomic E-state index is 12.0. The molecule has 0 bridgehead atoms. The summed E-state index contributed by atoms with van der Waals surface area (Å²) in [4.78, 5) is 27.7. The lowest BCUT2D eigenvalue weighted by atomic mass is 10.2. The highest BCUT2D eigenvalue weighted by Gasteiger charge is 2.21. The van der Waals surface area contributed by atoms with Crippen LogP contribution >= 0.6 is 11.6 Å². The number of anilines is 1. The summed E-state index contributed by atoms with van der Waals surface area (Å²) in [6, 6.07) is 4.72. The van der Waals surface area contributed by atoms with E-state index in [1.807, 2.05) is 7.05 Å². The van der Waals surface area contributed by atoms with Crippen LogP contribution in [0.4, 0.5) is 5.69 Å². The van der Waals surface area contributed by atoms with Crippen molar-refractivity contribution in [2.75, 3.05) is 45.6 Å². The van der Waals surface area contributed by atoms with Gasteiger partial charge in [0.15, 0.2) is 6.61 Å². The number of esters is 1. The van der Waals surface area contributed by atoms with E-state index in [0.29, 0.717) is 18.8 Å². The van der Waals surface area contributed by atoms with Gasteiger partial charge in [-0.3, -0.25) is 4.79 Å². The Balaban J connectivity index is 1.89. The van der Waals surface area contributed by atoms with E-state index in [4.69, 9.17) is 22.1 Å². The van der Waals surface area contributed by atoms with Crippen LogP contribution in [0.2, 0.25) is 5.02 Å². The van der Waals surface area contributed by atoms with Crippen molar-refractivity contribution in [1.82, 2.24) is 9.80 Å². The average molecular weight is 312 g/mol. The minimum Gasteiger partial charge on any atom is -0.452 e. The molecule has 1 aliphatic rings. The quantitative estimate of drug-likeness (QED) is 0.661. The number of carbonyl (C=O) groups is 2. The van der Waals surface area contributed by atoms with Crippen molar-refractivity contribution in [3.8, 4) is 0 Å². The molecule has 2 N–H and O–H groups in total. The molecule has 0 radical (unpaired) electrons. The molecule has 2 rings (SSSR count). The van der Waals surface area contributed by atoms with E-state index in [9.17, 15) is 9.59 Å². The van der Waals surface area contributed by atoms with E-state index in [1.54, 1.807) is 17.0 Å². The highest BCUT2D eigenvalue weighted by Crippen LogP contribution is 2.23. The van der Waals surface area contributed by atoms with Gasteiger partial charge in [0.1, 0.15) is 0 Å². The van der Waals surface area contributed by atoms with E-state index < -0.39 is 5.97 Å². The van der Waals surface area contributed by atoms with Crippen LogP contribution in [0.1, 0.15) is 10.4 Å². The molecule has 0 unspecified atom stereocenters. The zero-order valence-corrected chi connectivity index (χ0v) is 12.6. The summed E-state index contributed by atoms with van der Waals surface area (Å²) in [5.41, 5.74) is 6.10. The summed E-state index contributed by atoms with van der Waals surface area (Å²) in [7, 11) is 2.00. The topological polar surface area (TPSA) is 75.9 Å². The molecule has 0 atom stereocenters. The Morgan fingerprint density at radius 3 is 2.62 bits per heavy atom. The van der Waals surface area contributed by atoms with Gasteiger partial charge in [-0.15, -0.1) is 0 Å². The molecule has 1 heterocycles. The number of nitrogens with two attached hydrogens (primary N) is 1. The molecule has 1 saturated heterocycles. The van der Waals surface area contributed by atoms with E-state index in [0.717, 1.165) is 13.1 Å². The SMILES string of the molecule is CN1CCN(C(=O)COC(=O)c2cccc(N)c2Cl)CC1. The van der Waals surface area contributed by atoms with Gasteiger partial charge in [-0.1, -0.05) is 17.7 Å². The number of ether oxygens (including phenoxy) is 1. The number of hydrogen-bond donors (Lipinski definition) is 1. The van der Waals surface area contributed by atoms with Crippen LogP contribution in [0.15, 0.2) is 18.2 Å². The minimum absolute atomic E-state index is 0.148. The Labute approximate surface area is 128 Å². The number of nitrogens with zero attached hydrogens (tertiary/aromatic N) is 2. The molecule has 1 fully saturated rings. The lowest BCUT2D eigenvalue weighted by Crippen LogP contribution is -2.48. The largest absolute Gasteiger partial charge is 0.452 e. The van der Waals surface area contributed by atoms with Crippen LogP contribution in [-0.2, 0) is 9.53 Å². The average Bonchev–Trinajstić information content (AvgIpc) is 2.48. The van der Waals surface area contributed by atoms with Crippen molar-refractivity contribution in [2.45, 2.75) is 0 Å². The molecular formula is C14H18ClN3O3. The number of benzene rings is 1. The molecule has 0 spiro atoms. The lowest BCUT2D eigenvalue weighted by Gasteiger charge is -2.32. The molecule has 1 amide bonds. The Morgan fingerprint density at radius 1 is 1.29 bits per heavy atom. The van der Waals surface area contributed by atoms with Crippen molar-refractivity contribution < 1.29 is 14.3 Å². The van der Waals surface area contributed by atoms with E-state index in [-0.39, 0.29) is 23.1 Å². The third-order valence-electron chi connectivity index (χ3n) is 3.43. The van der Waals surface area contributed by atoms with E-state index in [2.05, 4.69) is 4.90 Å². The summed E-state index contributed by atoms with van der Waals surface area (Å²) in [5, 5.41) is 0.148. The van der Waals surface area contributed by atoms with Crippen LogP contribution in [0.3, 0.4) is 0 Å². The molecule has 1 aromatic carbocycles. The van der Waals surface area contributed by atoms with Crippen LogP contribution in [0, 0.1) is 0 Å². The van der Waals surface area contributed by atoms with Gasteiger partial charge in [0.2, 0.25) is 0 Å². The van der Waals surface area contributed by atoms with Crippen LogP contribution in [-0.4, -0.2) is 61.5 Å². The molecule has 7 heteroatoms. The fraction of sp³-hybridized carbons (Fsp3) is 0.429. The van der Waals surface area contributed by atoms with Gasteiger partial charge in [-0.05, 0) is 19.2 Å². The number of piperazine rings is 1. The Bertz CT molecular complexity index is 542. The molecular weight excluding hydrogens is 294 g/mol. The molecule has 6 nitrogen and oxygen atoms in total. The highest BCUT2D eigenvalue weighted by atomic mass is 35.5. The lowest BCUT2D eigenvalue weighted by molar-refractivity contribution is -0.136. The standard InChI is InChI=1S/C14H18ClN3O3/c1-17-5-7-18(8-6-17)12(19)9-21-14(20)10-3-2-4-11(16)13(10)15/h2-4H,5-9,16H2,1H3. The molecule has 1 aliphatic heterocycles. The Hall–Kier alpha value is -1.79. The molecule has 21 heavy (non-hydrogen) atoms. The number of nitrogen functional groups attached to an aromatic ring is 1. The van der Waals surface area contributed by atoms with Gasteiger partial charge in [-0.2, -0.15) is 0 Å². The number of hydrogen-bond acceptors (Lipinski definition) is 5. The summed E-state index contributed by atoms with van der Waals surface area (Å²) in [6.07, 6.45) is 0. The van der Waals surface area contributed by atoms with Crippen molar-refractivity contribution in [1.29, 1.82) is 0 Å². The number of likely N-dealkylation sites (N-methyl/N-ethyl adjacent to an activating group) is 1. The summed E-state index contributed by atoms with van der Waals surface area (Å²) in [6.45, 7) is 2.65. The maximum Gasteiger partial charge on any atom is 0.340 e. The second-order valence-corrected chi connectivity index (χ2v) is 5.35. The number of rotatable bonds is 3. The van der Waals surface area contributed by atoms with Gasteiger partial charge < -0.3 is 20.3 Å². The Morgan fingerprint density at radius 2 is 1.95 bits per heavy atom. The number of carbonyl (C=O) groups excluding carboxylic acids is 2. The van der Waals surface area contributed by atoms with Crippen LogP contribution < -0.4 is 5.73 Å². The molecule has 114 valence electrons. The summed E-state index contributed by atoms with van der Waals surface area (Å²) >= 11 is 5.94. The smallest absolute Gasteiger partial charge is 0.340 e. The maximum atomic E-state index is 12.0. The molecule has 1 aromatic rings. The third-order valence-corrected chi connectivity index (χ3v) is 3.85. The van der Waals surface area contributed by atoms with Gasteiger partial charge in [0.05, 0.1) is 16.3 Å². The van der Waals surface area contributed by atoms with Crippen LogP contribution in [0.5, 0.6) is 0 Å². The molecule has 0 aromatic heterocycles. The second kappa shape index (κ2) is 6.78. The first kappa shape index (κ1) is 15.6. The first-order chi connectivity index (χ1) is 9.99. The highest BCUT2D eigenvalue weighted by molar-refractivity contribution is 6.36. The zero-order chi connectivity index (χ0) is 15.4. The fourth-order valence-electron chi connectivity index (χ4n) is 2.06. The van der Waals surface area contributed by atoms with Crippen molar-refractivity contribution in [3.05, 3.63) is 28.8 Å². The first-order valence-electron chi connectivity index (χ1n) is 6.66. The van der Waals surface area contributed by atoms with Crippen LogP contribution in [0.25, 0.3) is 0 Å². The monoisotopic (exact) mass is 311 g/mol. The predicted molar refractivity (Wildman–Crippen MR) is 80.2 cm³/mol. The fourth-order valence-corrected chi connectivity index (χ4v) is 2.26. The summed E-state index contributed by atoms with van der Waals surface area (Å²) in [5.74, 6) is -0.841. The van der Waals surface area contributed by atoms with E-state index >= 15 is 0 Å². The zero-order valence-electron chi connectivity index (χ0n) is 11.8. The van der Waals surface area contributed by atoms with Crippen molar-refractivity contribution >= 4 is 29.2 Å². The molecule has 0 saturated carbocycles. The van der Waals surface area contributed by atoms with Crippen molar-refractivity contribution in [3.63, 3.8) is 0 Å². The summed E-state index contributed by atoms with van der Waals surface area (Å²) < 4.78 is 5.02. The second-order valence-electron chi connectivity index (χ2n) is 4.97. The number of amides is 1. The normalized spacial score (nSPS) is 15.8. The van der Waals surface area contributed by atoms with Gasteiger partial charge in [0.25, 0.3) is 5.91 Å².